The summed E-state index contributed by atoms with van der Waals surface area (Å²) in [5, 5.41) is 14.5. The summed E-state index contributed by atoms with van der Waals surface area (Å²) in [6.45, 7) is 0. The molecule has 1 amide bonds. The second-order valence-corrected chi connectivity index (χ2v) is 6.35. The highest BCUT2D eigenvalue weighted by molar-refractivity contribution is 6.04. The molecule has 2 aliphatic carbocycles. The van der Waals surface area contributed by atoms with Crippen molar-refractivity contribution in [2.75, 3.05) is 5.32 Å². The van der Waals surface area contributed by atoms with E-state index in [4.69, 9.17) is 0 Å². The molecule has 2 aromatic rings. The lowest BCUT2D eigenvalue weighted by Gasteiger charge is -2.24. The molecule has 2 aromatic carbocycles. The predicted octanol–water partition coefficient (Wildman–Crippen LogP) is 3.30. The zero-order valence-corrected chi connectivity index (χ0v) is 12.5. The summed E-state index contributed by atoms with van der Waals surface area (Å²) in [5.41, 5.74) is 0.740. The van der Waals surface area contributed by atoms with E-state index in [0.29, 0.717) is 0 Å². The lowest BCUT2D eigenvalue weighted by Crippen LogP contribution is -2.36. The first-order valence-electron chi connectivity index (χ1n) is 7.85. The summed E-state index contributed by atoms with van der Waals surface area (Å²) in [7, 11) is 0. The SMILES string of the molecule is O=C(O)[C@@H]1[C@@H](C(=O)Nc2cccc3ccccc23)[C@H]2C=C[C@H]1C2. The van der Waals surface area contributed by atoms with E-state index in [0.717, 1.165) is 22.9 Å². The van der Waals surface area contributed by atoms with Gasteiger partial charge in [-0.05, 0) is 29.7 Å². The van der Waals surface area contributed by atoms with Gasteiger partial charge >= 0.3 is 5.97 Å². The number of carbonyl (C=O) groups excluding carboxylic acids is 1. The molecule has 0 saturated heterocycles. The minimum Gasteiger partial charge on any atom is -0.481 e. The Kier molecular flexibility index (Phi) is 3.18. The van der Waals surface area contributed by atoms with Gasteiger partial charge in [0.05, 0.1) is 11.8 Å². The lowest BCUT2D eigenvalue weighted by atomic mass is 9.82. The van der Waals surface area contributed by atoms with Gasteiger partial charge in [-0.2, -0.15) is 0 Å². The number of aliphatic carboxylic acids is 1. The molecule has 0 radical (unpaired) electrons. The number of carbonyl (C=O) groups is 2. The van der Waals surface area contributed by atoms with Gasteiger partial charge in [0, 0.05) is 11.1 Å². The molecule has 4 heteroatoms. The Bertz CT molecular complexity index is 821. The van der Waals surface area contributed by atoms with E-state index < -0.39 is 17.8 Å². The molecule has 2 N–H and O–H groups in total. The molecule has 4 atom stereocenters. The summed E-state index contributed by atoms with van der Waals surface area (Å²) in [4.78, 5) is 24.3. The highest BCUT2D eigenvalue weighted by atomic mass is 16.4. The normalized spacial score (nSPS) is 28.2. The molecule has 1 fully saturated rings. The van der Waals surface area contributed by atoms with Gasteiger partial charge in [0.15, 0.2) is 0 Å². The molecule has 0 aromatic heterocycles. The van der Waals surface area contributed by atoms with Gasteiger partial charge in [-0.1, -0.05) is 48.6 Å². The Labute approximate surface area is 133 Å². The molecule has 0 unspecified atom stereocenters. The first-order chi connectivity index (χ1) is 11.1. The third-order valence-electron chi connectivity index (χ3n) is 5.09. The van der Waals surface area contributed by atoms with Gasteiger partial charge in [0.2, 0.25) is 5.91 Å². The van der Waals surface area contributed by atoms with Crippen LogP contribution >= 0.6 is 0 Å². The summed E-state index contributed by atoms with van der Waals surface area (Å²) in [5.74, 6) is -2.14. The Balaban J connectivity index is 1.65. The second kappa shape index (κ2) is 5.23. The Morgan fingerprint density at radius 1 is 0.957 bits per heavy atom. The van der Waals surface area contributed by atoms with Crippen molar-refractivity contribution in [2.45, 2.75) is 6.42 Å². The molecular formula is C19H17NO3. The molecule has 0 spiro atoms. The van der Waals surface area contributed by atoms with Crippen molar-refractivity contribution in [1.29, 1.82) is 0 Å². The van der Waals surface area contributed by atoms with Crippen LogP contribution in [0, 0.1) is 23.7 Å². The molecule has 116 valence electrons. The van der Waals surface area contributed by atoms with Crippen molar-refractivity contribution in [3.05, 3.63) is 54.6 Å². The second-order valence-electron chi connectivity index (χ2n) is 6.35. The van der Waals surface area contributed by atoms with Crippen molar-refractivity contribution in [3.63, 3.8) is 0 Å². The standard InChI is InChI=1S/C19H17NO3/c21-18(16-12-8-9-13(10-12)17(16)19(22)23)20-15-7-3-5-11-4-1-2-6-14(11)15/h1-9,12-13,16-17H,10H2,(H,20,21)(H,22,23)/t12-,13-,16-,17-/m0/s1. The molecule has 1 saturated carbocycles. The highest BCUT2D eigenvalue weighted by Crippen LogP contribution is 2.48. The van der Waals surface area contributed by atoms with Crippen LogP contribution in [-0.4, -0.2) is 17.0 Å². The minimum atomic E-state index is -0.875. The number of anilines is 1. The summed E-state index contributed by atoms with van der Waals surface area (Å²) in [6, 6.07) is 13.6. The molecule has 2 bridgehead atoms. The Morgan fingerprint density at radius 2 is 1.65 bits per heavy atom. The predicted molar refractivity (Wildman–Crippen MR) is 87.9 cm³/mol. The molecule has 4 nitrogen and oxygen atoms in total. The summed E-state index contributed by atoms with van der Waals surface area (Å²) < 4.78 is 0. The maximum Gasteiger partial charge on any atom is 0.307 e. The van der Waals surface area contributed by atoms with Gasteiger partial charge in [-0.3, -0.25) is 9.59 Å². The fraction of sp³-hybridized carbons (Fsp3) is 0.263. The number of hydrogen-bond acceptors (Lipinski definition) is 2. The third-order valence-corrected chi connectivity index (χ3v) is 5.09. The smallest absolute Gasteiger partial charge is 0.307 e. The lowest BCUT2D eigenvalue weighted by molar-refractivity contribution is -0.146. The highest BCUT2D eigenvalue weighted by Gasteiger charge is 2.51. The van der Waals surface area contributed by atoms with Crippen molar-refractivity contribution in [1.82, 2.24) is 0 Å². The fourth-order valence-corrected chi connectivity index (χ4v) is 4.07. The van der Waals surface area contributed by atoms with Gasteiger partial charge in [0.1, 0.15) is 0 Å². The van der Waals surface area contributed by atoms with Crippen LogP contribution in [0.15, 0.2) is 54.6 Å². The summed E-state index contributed by atoms with van der Waals surface area (Å²) in [6.07, 6.45) is 4.72. The maximum absolute atomic E-state index is 12.8. The van der Waals surface area contributed by atoms with Gasteiger partial charge in [-0.15, -0.1) is 0 Å². The van der Waals surface area contributed by atoms with Crippen LogP contribution in [-0.2, 0) is 9.59 Å². The van der Waals surface area contributed by atoms with E-state index in [1.165, 1.54) is 0 Å². The number of rotatable bonds is 3. The number of nitrogens with one attached hydrogen (secondary N) is 1. The van der Waals surface area contributed by atoms with Crippen LogP contribution < -0.4 is 5.32 Å². The zero-order chi connectivity index (χ0) is 16.0. The number of carboxylic acid groups (broad SMARTS) is 1. The van der Waals surface area contributed by atoms with E-state index >= 15 is 0 Å². The van der Waals surface area contributed by atoms with Crippen LogP contribution in [0.3, 0.4) is 0 Å². The molecule has 4 rings (SSSR count). The number of fused-ring (bicyclic) bond motifs is 3. The number of amides is 1. The Morgan fingerprint density at radius 3 is 2.43 bits per heavy atom. The van der Waals surface area contributed by atoms with Gasteiger partial charge in [0.25, 0.3) is 0 Å². The van der Waals surface area contributed by atoms with Crippen molar-refractivity contribution >= 4 is 28.3 Å². The largest absolute Gasteiger partial charge is 0.481 e. The first-order valence-corrected chi connectivity index (χ1v) is 7.85. The first kappa shape index (κ1) is 14.0. The van der Waals surface area contributed by atoms with Gasteiger partial charge in [-0.25, -0.2) is 0 Å². The number of carboxylic acids is 1. The maximum atomic E-state index is 12.8. The van der Waals surface area contributed by atoms with E-state index in [9.17, 15) is 14.7 Å². The Hall–Kier alpha value is -2.62. The molecule has 23 heavy (non-hydrogen) atoms. The molecule has 0 heterocycles. The average molecular weight is 307 g/mol. The van der Waals surface area contributed by atoms with Crippen LogP contribution in [0.25, 0.3) is 10.8 Å². The monoisotopic (exact) mass is 307 g/mol. The molecule has 0 aliphatic heterocycles. The number of benzene rings is 2. The van der Waals surface area contributed by atoms with Crippen molar-refractivity contribution in [3.8, 4) is 0 Å². The summed E-state index contributed by atoms with van der Waals surface area (Å²) >= 11 is 0. The van der Waals surface area contributed by atoms with E-state index in [1.807, 2.05) is 54.6 Å². The molecular weight excluding hydrogens is 290 g/mol. The van der Waals surface area contributed by atoms with E-state index in [1.54, 1.807) is 0 Å². The number of allylic oxidation sites excluding steroid dienone is 2. The third kappa shape index (κ3) is 2.22. The number of hydrogen-bond donors (Lipinski definition) is 2. The zero-order valence-electron chi connectivity index (χ0n) is 12.5. The van der Waals surface area contributed by atoms with Crippen molar-refractivity contribution in [2.24, 2.45) is 23.7 Å². The average Bonchev–Trinajstić information content (AvgIpc) is 3.16. The molecule has 2 aliphatic rings. The van der Waals surface area contributed by atoms with E-state index in [-0.39, 0.29) is 17.7 Å². The van der Waals surface area contributed by atoms with Crippen LogP contribution in [0.5, 0.6) is 0 Å². The van der Waals surface area contributed by atoms with Crippen molar-refractivity contribution < 1.29 is 14.7 Å². The minimum absolute atomic E-state index is 0.0132. The van der Waals surface area contributed by atoms with Crippen LogP contribution in [0.4, 0.5) is 5.69 Å². The fourth-order valence-electron chi connectivity index (χ4n) is 4.07. The quantitative estimate of drug-likeness (QED) is 0.855. The van der Waals surface area contributed by atoms with Crippen LogP contribution in [0.1, 0.15) is 6.42 Å². The topological polar surface area (TPSA) is 66.4 Å². The van der Waals surface area contributed by atoms with Crippen LogP contribution in [0.2, 0.25) is 0 Å². The van der Waals surface area contributed by atoms with Gasteiger partial charge < -0.3 is 10.4 Å². The van der Waals surface area contributed by atoms with E-state index in [2.05, 4.69) is 5.32 Å².